The van der Waals surface area contributed by atoms with Gasteiger partial charge in [-0.25, -0.2) is 9.97 Å². The van der Waals surface area contributed by atoms with Crippen molar-refractivity contribution in [2.24, 2.45) is 0 Å². The molecule has 8 nitrogen and oxygen atoms in total. The summed E-state index contributed by atoms with van der Waals surface area (Å²) in [6.07, 6.45) is 0. The average Bonchev–Trinajstić information content (AvgIpc) is 3.13. The number of thiophene rings is 1. The minimum atomic E-state index is 0.511. The number of anilines is 1. The molecule has 0 amide bonds. The van der Waals surface area contributed by atoms with Crippen LogP contribution in [0.25, 0.3) is 21.6 Å². The minimum absolute atomic E-state index is 0.511. The highest BCUT2D eigenvalue weighted by Gasteiger charge is 2.23. The van der Waals surface area contributed by atoms with Crippen molar-refractivity contribution in [3.05, 3.63) is 22.6 Å². The fourth-order valence-corrected chi connectivity index (χ4v) is 4.54. The Hall–Kier alpha value is -3.09. The maximum absolute atomic E-state index is 9.53. The van der Waals surface area contributed by atoms with Crippen LogP contribution in [0.3, 0.4) is 0 Å². The van der Waals surface area contributed by atoms with Crippen molar-refractivity contribution in [3.63, 3.8) is 0 Å². The Morgan fingerprint density at radius 3 is 2.30 bits per heavy atom. The van der Waals surface area contributed by atoms with Gasteiger partial charge in [0.2, 0.25) is 5.75 Å². The van der Waals surface area contributed by atoms with E-state index in [1.807, 2.05) is 19.1 Å². The van der Waals surface area contributed by atoms with Crippen molar-refractivity contribution < 1.29 is 18.9 Å². The molecule has 1 aliphatic rings. The van der Waals surface area contributed by atoms with E-state index < -0.39 is 0 Å². The molecule has 0 unspecified atom stereocenters. The third-order valence-electron chi connectivity index (χ3n) is 5.11. The van der Waals surface area contributed by atoms with Crippen molar-refractivity contribution >= 4 is 27.4 Å². The summed E-state index contributed by atoms with van der Waals surface area (Å²) in [5, 5.41) is 10.5. The number of hydrogen-bond acceptors (Lipinski definition) is 9. The lowest BCUT2D eigenvalue weighted by Crippen LogP contribution is -2.37. The van der Waals surface area contributed by atoms with Crippen LogP contribution in [-0.4, -0.2) is 57.6 Å². The Morgan fingerprint density at radius 1 is 1.07 bits per heavy atom. The highest BCUT2D eigenvalue weighted by atomic mass is 32.1. The molecule has 0 N–H and O–H groups in total. The molecule has 1 aromatic carbocycles. The smallest absolute Gasteiger partial charge is 0.203 e. The molecule has 0 aliphatic carbocycles. The highest BCUT2D eigenvalue weighted by Crippen LogP contribution is 2.42. The molecule has 3 heterocycles. The second kappa shape index (κ2) is 8.34. The molecule has 3 aromatic rings. The number of aryl methyl sites for hydroxylation is 1. The summed E-state index contributed by atoms with van der Waals surface area (Å²) in [6, 6.07) is 5.94. The SMILES string of the molecule is COc1cc(-c2nc(N3CCOCC3)c3c(C)c(C#N)sc3n2)cc(OC)c1OC. The predicted molar refractivity (Wildman–Crippen MR) is 115 cm³/mol. The third kappa shape index (κ3) is 3.38. The molecule has 156 valence electrons. The lowest BCUT2D eigenvalue weighted by molar-refractivity contribution is 0.122. The summed E-state index contributed by atoms with van der Waals surface area (Å²) in [5.41, 5.74) is 1.65. The first kappa shape index (κ1) is 20.2. The van der Waals surface area contributed by atoms with Crippen LogP contribution in [0, 0.1) is 18.3 Å². The zero-order chi connectivity index (χ0) is 21.3. The molecule has 0 atom stereocenters. The number of methoxy groups -OCH3 is 3. The summed E-state index contributed by atoms with van der Waals surface area (Å²) in [6.45, 7) is 4.69. The molecule has 0 radical (unpaired) electrons. The normalized spacial score (nSPS) is 13.9. The zero-order valence-electron chi connectivity index (χ0n) is 17.3. The second-order valence-corrected chi connectivity index (χ2v) is 7.73. The standard InChI is InChI=1S/C21H22N4O4S/c1-12-16(11-22)30-21-17(12)20(25-5-7-29-8-6-25)23-19(24-21)13-9-14(26-2)18(28-4)15(10-13)27-3/h9-10H,5-8H2,1-4H3. The van der Waals surface area contributed by atoms with Crippen molar-refractivity contribution in [2.45, 2.75) is 6.92 Å². The van der Waals surface area contributed by atoms with Gasteiger partial charge in [0.15, 0.2) is 17.3 Å². The Kier molecular flexibility index (Phi) is 5.61. The van der Waals surface area contributed by atoms with E-state index in [1.165, 1.54) is 11.3 Å². The molecular weight excluding hydrogens is 404 g/mol. The van der Waals surface area contributed by atoms with E-state index in [1.54, 1.807) is 21.3 Å². The van der Waals surface area contributed by atoms with Gasteiger partial charge in [-0.2, -0.15) is 5.26 Å². The van der Waals surface area contributed by atoms with Crippen LogP contribution in [0.5, 0.6) is 17.2 Å². The number of nitrogens with zero attached hydrogens (tertiary/aromatic N) is 4. The number of morpholine rings is 1. The minimum Gasteiger partial charge on any atom is -0.493 e. The first-order chi connectivity index (χ1) is 14.6. The number of rotatable bonds is 5. The average molecular weight is 426 g/mol. The van der Waals surface area contributed by atoms with E-state index in [-0.39, 0.29) is 0 Å². The molecule has 2 aromatic heterocycles. The molecule has 1 fully saturated rings. The maximum Gasteiger partial charge on any atom is 0.203 e. The summed E-state index contributed by atoms with van der Waals surface area (Å²) >= 11 is 1.38. The van der Waals surface area contributed by atoms with Gasteiger partial charge >= 0.3 is 0 Å². The number of benzene rings is 1. The second-order valence-electron chi connectivity index (χ2n) is 6.73. The van der Waals surface area contributed by atoms with E-state index in [2.05, 4.69) is 11.0 Å². The first-order valence-electron chi connectivity index (χ1n) is 9.45. The largest absolute Gasteiger partial charge is 0.493 e. The number of nitriles is 1. The number of aromatic nitrogens is 2. The molecule has 4 rings (SSSR count). The quantitative estimate of drug-likeness (QED) is 0.613. The highest BCUT2D eigenvalue weighted by molar-refractivity contribution is 7.19. The lowest BCUT2D eigenvalue weighted by atomic mass is 10.1. The predicted octanol–water partition coefficient (Wildman–Crippen LogP) is 3.40. The zero-order valence-corrected chi connectivity index (χ0v) is 18.1. The van der Waals surface area contributed by atoms with Gasteiger partial charge in [0.05, 0.1) is 39.9 Å². The van der Waals surface area contributed by atoms with E-state index >= 15 is 0 Å². The van der Waals surface area contributed by atoms with Gasteiger partial charge in [-0.1, -0.05) is 0 Å². The van der Waals surface area contributed by atoms with Gasteiger partial charge in [-0.05, 0) is 24.6 Å². The van der Waals surface area contributed by atoms with Gasteiger partial charge < -0.3 is 23.8 Å². The van der Waals surface area contributed by atoms with Crippen LogP contribution >= 0.6 is 11.3 Å². The summed E-state index contributed by atoms with van der Waals surface area (Å²) < 4.78 is 21.9. The van der Waals surface area contributed by atoms with Crippen molar-refractivity contribution in [1.29, 1.82) is 5.26 Å². The molecule has 9 heteroatoms. The van der Waals surface area contributed by atoms with Gasteiger partial charge in [0.1, 0.15) is 21.6 Å². The fraction of sp³-hybridized carbons (Fsp3) is 0.381. The molecule has 0 bridgehead atoms. The topological polar surface area (TPSA) is 89.7 Å². The van der Waals surface area contributed by atoms with Crippen LogP contribution in [0.1, 0.15) is 10.4 Å². The molecule has 1 aliphatic heterocycles. The van der Waals surface area contributed by atoms with Crippen LogP contribution < -0.4 is 19.1 Å². The van der Waals surface area contributed by atoms with Crippen molar-refractivity contribution in [1.82, 2.24) is 9.97 Å². The Labute approximate surface area is 178 Å². The van der Waals surface area contributed by atoms with E-state index in [0.717, 1.165) is 40.3 Å². The molecule has 1 saturated heterocycles. The van der Waals surface area contributed by atoms with Gasteiger partial charge in [-0.3, -0.25) is 0 Å². The van der Waals surface area contributed by atoms with Gasteiger partial charge in [0, 0.05) is 18.7 Å². The number of fused-ring (bicyclic) bond motifs is 1. The molecule has 0 saturated carbocycles. The monoisotopic (exact) mass is 426 g/mol. The van der Waals surface area contributed by atoms with Crippen LogP contribution in [0.4, 0.5) is 5.82 Å². The number of ether oxygens (including phenoxy) is 4. The van der Waals surface area contributed by atoms with Gasteiger partial charge in [-0.15, -0.1) is 11.3 Å². The van der Waals surface area contributed by atoms with Gasteiger partial charge in [0.25, 0.3) is 0 Å². The van der Waals surface area contributed by atoms with E-state index in [9.17, 15) is 5.26 Å². The Morgan fingerprint density at radius 2 is 1.73 bits per heavy atom. The maximum atomic E-state index is 9.53. The molecule has 30 heavy (non-hydrogen) atoms. The first-order valence-corrected chi connectivity index (χ1v) is 10.3. The summed E-state index contributed by atoms with van der Waals surface area (Å²) in [4.78, 5) is 13.3. The van der Waals surface area contributed by atoms with Crippen LogP contribution in [-0.2, 0) is 4.74 Å². The van der Waals surface area contributed by atoms with Crippen LogP contribution in [0.15, 0.2) is 12.1 Å². The third-order valence-corrected chi connectivity index (χ3v) is 6.20. The summed E-state index contributed by atoms with van der Waals surface area (Å²) in [7, 11) is 4.72. The Balaban J connectivity index is 1.95. The Bertz CT molecular complexity index is 1110. The number of hydrogen-bond donors (Lipinski definition) is 0. The summed E-state index contributed by atoms with van der Waals surface area (Å²) in [5.74, 6) is 2.93. The van der Waals surface area contributed by atoms with E-state index in [0.29, 0.717) is 41.2 Å². The molecule has 0 spiro atoms. The van der Waals surface area contributed by atoms with Crippen LogP contribution in [0.2, 0.25) is 0 Å². The fourth-order valence-electron chi connectivity index (χ4n) is 3.57. The van der Waals surface area contributed by atoms with Crippen molar-refractivity contribution in [2.75, 3.05) is 52.5 Å². The van der Waals surface area contributed by atoms with Crippen molar-refractivity contribution in [3.8, 4) is 34.7 Å². The molecular formula is C21H22N4O4S. The van der Waals surface area contributed by atoms with E-state index in [4.69, 9.17) is 28.9 Å². The lowest BCUT2D eigenvalue weighted by Gasteiger charge is -2.28.